The zero-order valence-electron chi connectivity index (χ0n) is 19.2. The molecule has 6 nitrogen and oxygen atoms in total. The fourth-order valence-electron chi connectivity index (χ4n) is 3.98. The average molecular weight is 526 g/mol. The van der Waals surface area contributed by atoms with E-state index in [-0.39, 0.29) is 21.9 Å². The van der Waals surface area contributed by atoms with Crippen molar-refractivity contribution in [3.63, 3.8) is 0 Å². The van der Waals surface area contributed by atoms with Crippen LogP contribution in [0, 0.1) is 10.1 Å². The number of amides is 1. The smallest absolute Gasteiger partial charge is 0.471 e. The summed E-state index contributed by atoms with van der Waals surface area (Å²) in [5, 5.41) is 12.3. The van der Waals surface area contributed by atoms with E-state index in [9.17, 15) is 41.3 Å². The second-order valence-electron chi connectivity index (χ2n) is 7.94. The lowest BCUT2D eigenvalue weighted by Crippen LogP contribution is -2.49. The first-order valence-corrected chi connectivity index (χ1v) is 10.7. The first-order chi connectivity index (χ1) is 17.3. The van der Waals surface area contributed by atoms with E-state index in [4.69, 9.17) is 4.74 Å². The van der Waals surface area contributed by atoms with Crippen molar-refractivity contribution in [2.45, 2.75) is 30.9 Å². The Bertz CT molecular complexity index is 1230. The van der Waals surface area contributed by atoms with E-state index < -0.39 is 52.8 Å². The largest absolute Gasteiger partial charge is 0.497 e. The molecular weight excluding hydrogens is 506 g/mol. The van der Waals surface area contributed by atoms with E-state index in [2.05, 4.69) is 0 Å². The Morgan fingerprint density at radius 2 is 1.49 bits per heavy atom. The third kappa shape index (κ3) is 6.38. The molecule has 0 aliphatic rings. The van der Waals surface area contributed by atoms with Crippen molar-refractivity contribution in [2.24, 2.45) is 0 Å². The monoisotopic (exact) mass is 526 g/mol. The van der Waals surface area contributed by atoms with Crippen LogP contribution in [0.5, 0.6) is 5.75 Å². The molecule has 0 saturated heterocycles. The minimum Gasteiger partial charge on any atom is -0.497 e. The number of rotatable bonds is 8. The molecule has 3 aromatic carbocycles. The zero-order valence-corrected chi connectivity index (χ0v) is 19.2. The fraction of sp³-hybridized carbons (Fsp3) is 0.240. The Labute approximate surface area is 207 Å². The number of anilines is 1. The molecule has 0 radical (unpaired) electrons. The van der Waals surface area contributed by atoms with Gasteiger partial charge in [-0.1, -0.05) is 48.5 Å². The lowest BCUT2D eigenvalue weighted by molar-refractivity contribution is -0.526. The molecule has 12 heteroatoms. The third-order valence-corrected chi connectivity index (χ3v) is 5.62. The highest BCUT2D eigenvalue weighted by Gasteiger charge is 2.50. The molecule has 3 aromatic rings. The number of halogens is 6. The Hall–Kier alpha value is -4.09. The van der Waals surface area contributed by atoms with Crippen molar-refractivity contribution in [1.82, 2.24) is 0 Å². The van der Waals surface area contributed by atoms with Crippen LogP contribution in [-0.4, -0.2) is 30.2 Å². The second-order valence-corrected chi connectivity index (χ2v) is 7.94. The van der Waals surface area contributed by atoms with Crippen molar-refractivity contribution < 1.29 is 40.8 Å². The third-order valence-electron chi connectivity index (χ3n) is 5.62. The van der Waals surface area contributed by atoms with Gasteiger partial charge in [-0.3, -0.25) is 19.8 Å². The fourth-order valence-corrected chi connectivity index (χ4v) is 3.98. The summed E-state index contributed by atoms with van der Waals surface area (Å²) < 4.78 is 87.2. The predicted octanol–water partition coefficient (Wildman–Crippen LogP) is 6.24. The molecule has 0 N–H and O–H groups in total. The highest BCUT2D eigenvalue weighted by atomic mass is 19.4. The Morgan fingerprint density at radius 1 is 0.919 bits per heavy atom. The molecule has 0 unspecified atom stereocenters. The van der Waals surface area contributed by atoms with Crippen LogP contribution in [0.2, 0.25) is 0 Å². The van der Waals surface area contributed by atoms with E-state index in [1.807, 2.05) is 0 Å². The van der Waals surface area contributed by atoms with Gasteiger partial charge in [0.2, 0.25) is 6.04 Å². The molecule has 0 fully saturated rings. The van der Waals surface area contributed by atoms with Crippen molar-refractivity contribution >= 4 is 11.6 Å². The SMILES string of the molecule is COc1ccc(N(C(=O)C(F)(F)F)[C@@H](c2ccccc2)[C@@H](Cc2ccccc2C(F)(F)F)[N+](=O)[O-])cc1. The first-order valence-electron chi connectivity index (χ1n) is 10.7. The van der Waals surface area contributed by atoms with Crippen LogP contribution in [0.25, 0.3) is 0 Å². The van der Waals surface area contributed by atoms with Gasteiger partial charge in [0.1, 0.15) is 11.8 Å². The lowest BCUT2D eigenvalue weighted by Gasteiger charge is -2.34. The summed E-state index contributed by atoms with van der Waals surface area (Å²) in [4.78, 5) is 24.2. The molecule has 3 rings (SSSR count). The Morgan fingerprint density at radius 3 is 2.00 bits per heavy atom. The number of nitro groups is 1. The quantitative estimate of drug-likeness (QED) is 0.198. The van der Waals surface area contributed by atoms with Crippen LogP contribution < -0.4 is 9.64 Å². The molecule has 196 valence electrons. The normalized spacial score (nSPS) is 13.5. The van der Waals surface area contributed by atoms with Crippen LogP contribution in [0.1, 0.15) is 22.7 Å². The molecule has 37 heavy (non-hydrogen) atoms. The zero-order chi connectivity index (χ0) is 27.4. The lowest BCUT2D eigenvalue weighted by atomic mass is 9.90. The van der Waals surface area contributed by atoms with E-state index in [1.54, 1.807) is 0 Å². The van der Waals surface area contributed by atoms with Crippen LogP contribution in [0.15, 0.2) is 78.9 Å². The number of carbonyl (C=O) groups excluding carboxylic acids is 1. The average Bonchev–Trinajstić information content (AvgIpc) is 2.85. The van der Waals surface area contributed by atoms with E-state index in [0.29, 0.717) is 0 Å². The van der Waals surface area contributed by atoms with Gasteiger partial charge in [-0.25, -0.2) is 0 Å². The van der Waals surface area contributed by atoms with Gasteiger partial charge in [-0.15, -0.1) is 0 Å². The summed E-state index contributed by atoms with van der Waals surface area (Å²) >= 11 is 0. The Kier molecular flexibility index (Phi) is 8.09. The maximum Gasteiger partial charge on any atom is 0.471 e. The van der Waals surface area contributed by atoms with Gasteiger partial charge in [-0.2, -0.15) is 26.3 Å². The van der Waals surface area contributed by atoms with E-state index in [1.165, 1.54) is 55.6 Å². The summed E-state index contributed by atoms with van der Waals surface area (Å²) in [5.74, 6) is -2.17. The molecule has 2 atom stereocenters. The number of hydrogen-bond donors (Lipinski definition) is 0. The van der Waals surface area contributed by atoms with Gasteiger partial charge in [0, 0.05) is 17.0 Å². The summed E-state index contributed by atoms with van der Waals surface area (Å²) in [6.45, 7) is 0. The second kappa shape index (κ2) is 10.9. The summed E-state index contributed by atoms with van der Waals surface area (Å²) in [5.41, 5.74) is -2.08. The van der Waals surface area contributed by atoms with Crippen molar-refractivity contribution in [3.8, 4) is 5.75 Å². The molecule has 1 amide bonds. The van der Waals surface area contributed by atoms with Gasteiger partial charge >= 0.3 is 18.3 Å². The molecular formula is C25H20F6N2O4. The topological polar surface area (TPSA) is 72.7 Å². The molecule has 0 heterocycles. The van der Waals surface area contributed by atoms with Gasteiger partial charge in [-0.05, 0) is 41.5 Å². The summed E-state index contributed by atoms with van der Waals surface area (Å²) in [7, 11) is 1.31. The van der Waals surface area contributed by atoms with Gasteiger partial charge < -0.3 is 4.74 Å². The van der Waals surface area contributed by atoms with Crippen LogP contribution in [-0.2, 0) is 17.4 Å². The van der Waals surface area contributed by atoms with Crippen LogP contribution >= 0.6 is 0 Å². The highest BCUT2D eigenvalue weighted by molar-refractivity contribution is 5.98. The van der Waals surface area contributed by atoms with Gasteiger partial charge in [0.15, 0.2) is 0 Å². The summed E-state index contributed by atoms with van der Waals surface area (Å²) in [6.07, 6.45) is -11.2. The molecule has 0 bridgehead atoms. The van der Waals surface area contributed by atoms with Crippen molar-refractivity contribution in [1.29, 1.82) is 0 Å². The first kappa shape index (κ1) is 27.5. The molecule has 0 spiro atoms. The van der Waals surface area contributed by atoms with Crippen molar-refractivity contribution in [3.05, 3.63) is 106 Å². The number of hydrogen-bond acceptors (Lipinski definition) is 4. The summed E-state index contributed by atoms with van der Waals surface area (Å²) in [6, 6.07) is 11.7. The number of alkyl halides is 6. The van der Waals surface area contributed by atoms with Gasteiger partial charge in [0.05, 0.1) is 12.7 Å². The minimum atomic E-state index is -5.45. The molecule has 0 aliphatic carbocycles. The number of methoxy groups -OCH3 is 1. The highest BCUT2D eigenvalue weighted by Crippen LogP contribution is 2.39. The van der Waals surface area contributed by atoms with Crippen LogP contribution in [0.4, 0.5) is 32.0 Å². The van der Waals surface area contributed by atoms with Crippen molar-refractivity contribution in [2.75, 3.05) is 12.0 Å². The number of benzene rings is 3. The molecule has 0 saturated carbocycles. The van der Waals surface area contributed by atoms with Crippen LogP contribution in [0.3, 0.4) is 0 Å². The predicted molar refractivity (Wildman–Crippen MR) is 122 cm³/mol. The maximum absolute atomic E-state index is 13.8. The Balaban J connectivity index is 2.25. The van der Waals surface area contributed by atoms with E-state index >= 15 is 0 Å². The molecule has 0 aliphatic heterocycles. The number of nitrogens with zero attached hydrogens (tertiary/aromatic N) is 2. The number of carbonyl (C=O) groups is 1. The standard InChI is InChI=1S/C25H20F6N2O4/c1-37-19-13-11-18(12-14-19)32(23(34)25(29,30)31)22(16-7-3-2-4-8-16)21(33(35)36)15-17-9-5-6-10-20(17)24(26,27)28/h2-14,21-22H,15H2,1H3/t21-,22+/m1/s1. The minimum absolute atomic E-state index is 0.0675. The maximum atomic E-state index is 13.8. The molecule has 0 aromatic heterocycles. The van der Waals surface area contributed by atoms with Gasteiger partial charge in [0.25, 0.3) is 0 Å². The van der Waals surface area contributed by atoms with E-state index in [0.717, 1.165) is 30.3 Å². The number of ether oxygens (including phenoxy) is 1.